The van der Waals surface area contributed by atoms with Crippen LogP contribution in [0.2, 0.25) is 0 Å². The Balaban J connectivity index is 2.32. The van der Waals surface area contributed by atoms with Gasteiger partial charge in [-0.15, -0.1) is 4.33 Å². The first-order chi connectivity index (χ1) is 13.8. The Morgan fingerprint density at radius 1 is 1.28 bits per heavy atom. The minimum atomic E-state index is -1.55. The van der Waals surface area contributed by atoms with Crippen LogP contribution >= 0.6 is 12.0 Å². The van der Waals surface area contributed by atoms with Crippen molar-refractivity contribution in [2.24, 2.45) is 10.2 Å². The number of nitrogens with one attached hydrogen (secondary N) is 1. The number of non-ortho nitro benzene ring substituents is 1. The summed E-state index contributed by atoms with van der Waals surface area (Å²) in [4.78, 5) is 34.2. The Labute approximate surface area is 167 Å². The van der Waals surface area contributed by atoms with Gasteiger partial charge in [-0.25, -0.2) is 5.26 Å². The van der Waals surface area contributed by atoms with Crippen molar-refractivity contribution in [1.29, 1.82) is 0 Å². The van der Waals surface area contributed by atoms with E-state index >= 15 is 0 Å². The van der Waals surface area contributed by atoms with Crippen LogP contribution in [0.4, 0.5) is 17.1 Å². The Bertz CT molecular complexity index is 938. The lowest BCUT2D eigenvalue weighted by Gasteiger charge is -2.09. The first-order valence-electron chi connectivity index (χ1n) is 7.77. The highest BCUT2D eigenvalue weighted by Crippen LogP contribution is 2.41. The molecular weight excluding hydrogens is 408 g/mol. The van der Waals surface area contributed by atoms with E-state index in [4.69, 9.17) is 5.26 Å². The summed E-state index contributed by atoms with van der Waals surface area (Å²) in [6.45, 7) is 1.12. The third-order valence-electron chi connectivity index (χ3n) is 3.36. The van der Waals surface area contributed by atoms with Crippen molar-refractivity contribution in [3.63, 3.8) is 0 Å². The Morgan fingerprint density at radius 3 is 2.55 bits per heavy atom. The van der Waals surface area contributed by atoms with E-state index in [2.05, 4.69) is 24.9 Å². The number of carbonyl (C=O) groups is 2. The van der Waals surface area contributed by atoms with Crippen molar-refractivity contribution in [2.45, 2.75) is 17.9 Å². The number of phenolic OH excluding ortho intramolecular Hbond substituents is 1. The molecule has 152 valence electrons. The second-order valence-electron chi connectivity index (χ2n) is 5.38. The quantitative estimate of drug-likeness (QED) is 0.137. The smallest absolute Gasteiger partial charge is 0.273 e. The minimum absolute atomic E-state index is 0.227. The monoisotopic (exact) mass is 422 g/mol. The average molecular weight is 422 g/mol. The molecule has 1 unspecified atom stereocenters. The van der Waals surface area contributed by atoms with E-state index in [-0.39, 0.29) is 16.9 Å². The number of anilines is 1. The third-order valence-corrected chi connectivity index (χ3v) is 3.98. The molecular formula is C16H14N4O8S. The molecule has 2 aromatic rings. The summed E-state index contributed by atoms with van der Waals surface area (Å²) < 4.78 is 4.16. The number of aromatic hydroxyl groups is 1. The molecule has 0 saturated heterocycles. The fourth-order valence-corrected chi connectivity index (χ4v) is 2.50. The van der Waals surface area contributed by atoms with Crippen molar-refractivity contribution in [3.8, 4) is 5.75 Å². The Morgan fingerprint density at radius 2 is 1.97 bits per heavy atom. The zero-order chi connectivity index (χ0) is 21.4. The van der Waals surface area contributed by atoms with Crippen LogP contribution in [0, 0.1) is 10.1 Å². The number of hydrogen-bond acceptors (Lipinski definition) is 11. The number of rotatable bonds is 9. The van der Waals surface area contributed by atoms with Crippen molar-refractivity contribution in [2.75, 3.05) is 5.32 Å². The summed E-state index contributed by atoms with van der Waals surface area (Å²) in [6.07, 6.45) is 0. The van der Waals surface area contributed by atoms with Crippen LogP contribution in [0.25, 0.3) is 0 Å². The number of amides is 1. The van der Waals surface area contributed by atoms with Crippen molar-refractivity contribution < 1.29 is 34.2 Å². The maximum atomic E-state index is 12.3. The Hall–Kier alpha value is -3.39. The number of carbonyl (C=O) groups excluding carboxylic acids is 2. The van der Waals surface area contributed by atoms with Gasteiger partial charge in [0.2, 0.25) is 6.04 Å². The van der Waals surface area contributed by atoms with Gasteiger partial charge in [0.1, 0.15) is 5.69 Å². The fourth-order valence-electron chi connectivity index (χ4n) is 2.05. The number of phenols is 1. The van der Waals surface area contributed by atoms with Crippen molar-refractivity contribution >= 4 is 40.8 Å². The van der Waals surface area contributed by atoms with Gasteiger partial charge in [-0.3, -0.25) is 19.7 Å². The van der Waals surface area contributed by atoms with E-state index in [0.717, 1.165) is 19.1 Å². The highest BCUT2D eigenvalue weighted by molar-refractivity contribution is 7.94. The SMILES string of the molecule is CC(=O)C(/N=N/c1cc([N+](=O)[O-])cc(SOOO)c1O)C(=O)Nc1ccccc1. The largest absolute Gasteiger partial charge is 0.504 e. The molecule has 13 heteroatoms. The summed E-state index contributed by atoms with van der Waals surface area (Å²) in [6, 6.07) is 8.57. The fraction of sp³-hybridized carbons (Fsp3) is 0.125. The number of azo groups is 1. The lowest BCUT2D eigenvalue weighted by atomic mass is 10.2. The molecule has 0 aliphatic rings. The molecule has 12 nitrogen and oxygen atoms in total. The summed E-state index contributed by atoms with van der Waals surface area (Å²) in [7, 11) is 0. The van der Waals surface area contributed by atoms with Gasteiger partial charge in [0.05, 0.1) is 21.9 Å². The molecule has 0 spiro atoms. The number of para-hydroxylation sites is 1. The molecule has 3 N–H and O–H groups in total. The zero-order valence-corrected chi connectivity index (χ0v) is 15.5. The molecule has 1 atom stereocenters. The third kappa shape index (κ3) is 6.05. The first-order valence-corrected chi connectivity index (χ1v) is 8.51. The number of hydrogen-bond donors (Lipinski definition) is 3. The molecule has 0 fully saturated rings. The van der Waals surface area contributed by atoms with E-state index in [1.54, 1.807) is 30.3 Å². The minimum Gasteiger partial charge on any atom is -0.504 e. The highest BCUT2D eigenvalue weighted by Gasteiger charge is 2.24. The molecule has 0 radical (unpaired) electrons. The van der Waals surface area contributed by atoms with Crippen LogP contribution in [0.5, 0.6) is 5.75 Å². The standard InChI is InChI=1S/C16H14N4O8S/c1-9(21)14(16(23)17-10-5-3-2-4-6-10)19-18-12-7-11(20(24)25)8-13(15(12)22)29-28-27-26/h2-8,14,22,26H,1H3,(H,17,23)/b19-18+. The van der Waals surface area contributed by atoms with Crippen molar-refractivity contribution in [3.05, 3.63) is 52.6 Å². The molecule has 0 saturated carbocycles. The molecule has 0 aliphatic heterocycles. The lowest BCUT2D eigenvalue weighted by Crippen LogP contribution is -2.31. The van der Waals surface area contributed by atoms with Crippen LogP contribution in [0.1, 0.15) is 6.92 Å². The average Bonchev–Trinajstić information content (AvgIpc) is 2.68. The van der Waals surface area contributed by atoms with E-state index in [1.165, 1.54) is 0 Å². The van der Waals surface area contributed by atoms with Gasteiger partial charge < -0.3 is 10.4 Å². The zero-order valence-electron chi connectivity index (χ0n) is 14.7. The van der Waals surface area contributed by atoms with E-state index in [1.807, 2.05) is 0 Å². The normalized spacial score (nSPS) is 11.9. The van der Waals surface area contributed by atoms with Crippen LogP contribution in [-0.4, -0.2) is 33.0 Å². The number of nitro benzene ring substituents is 1. The number of Topliss-reactive ketones (excluding diaryl/α,β-unsaturated/α-hetero) is 1. The van der Waals surface area contributed by atoms with Crippen LogP contribution < -0.4 is 5.32 Å². The number of nitrogens with zero attached hydrogens (tertiary/aromatic N) is 3. The summed E-state index contributed by atoms with van der Waals surface area (Å²) in [5, 5.41) is 42.5. The molecule has 0 aromatic heterocycles. The van der Waals surface area contributed by atoms with Gasteiger partial charge in [-0.1, -0.05) is 23.2 Å². The molecule has 1 amide bonds. The van der Waals surface area contributed by atoms with Gasteiger partial charge in [0, 0.05) is 17.8 Å². The lowest BCUT2D eigenvalue weighted by molar-refractivity contribution is -0.432. The van der Waals surface area contributed by atoms with Gasteiger partial charge in [-0.2, -0.15) is 10.2 Å². The highest BCUT2D eigenvalue weighted by atomic mass is 32.2. The molecule has 0 aliphatic carbocycles. The summed E-state index contributed by atoms with van der Waals surface area (Å²) in [5.74, 6) is -2.02. The van der Waals surface area contributed by atoms with E-state index < -0.39 is 39.8 Å². The van der Waals surface area contributed by atoms with Crippen LogP contribution in [-0.2, 0) is 19.0 Å². The molecule has 2 aromatic carbocycles. The van der Waals surface area contributed by atoms with Crippen LogP contribution in [0.15, 0.2) is 57.6 Å². The van der Waals surface area contributed by atoms with Gasteiger partial charge in [0.25, 0.3) is 11.6 Å². The summed E-state index contributed by atoms with van der Waals surface area (Å²) in [5.41, 5.74) is -0.465. The second kappa shape index (κ2) is 10.2. The maximum absolute atomic E-state index is 12.3. The van der Waals surface area contributed by atoms with Gasteiger partial charge in [-0.05, 0) is 19.1 Å². The summed E-state index contributed by atoms with van der Waals surface area (Å²) >= 11 is 0.267. The Kier molecular flexibility index (Phi) is 7.73. The molecule has 2 rings (SSSR count). The van der Waals surface area contributed by atoms with Crippen LogP contribution in [0.3, 0.4) is 0 Å². The number of nitro groups is 1. The number of ketones is 1. The maximum Gasteiger partial charge on any atom is 0.273 e. The number of benzene rings is 2. The second-order valence-corrected chi connectivity index (χ2v) is 6.12. The predicted octanol–water partition coefficient (Wildman–Crippen LogP) is 3.41. The van der Waals surface area contributed by atoms with E-state index in [0.29, 0.717) is 5.69 Å². The topological polar surface area (TPSA) is 173 Å². The van der Waals surface area contributed by atoms with Gasteiger partial charge >= 0.3 is 0 Å². The predicted molar refractivity (Wildman–Crippen MR) is 99.5 cm³/mol. The van der Waals surface area contributed by atoms with E-state index in [9.17, 15) is 24.8 Å². The van der Waals surface area contributed by atoms with Crippen molar-refractivity contribution in [1.82, 2.24) is 0 Å². The first kappa shape index (κ1) is 21.9. The van der Waals surface area contributed by atoms with Gasteiger partial charge in [0.15, 0.2) is 11.5 Å². The molecule has 0 bridgehead atoms. The molecule has 29 heavy (non-hydrogen) atoms. The molecule has 0 heterocycles.